The van der Waals surface area contributed by atoms with E-state index in [1.54, 1.807) is 6.33 Å². The van der Waals surface area contributed by atoms with Gasteiger partial charge in [0, 0.05) is 29.7 Å². The van der Waals surface area contributed by atoms with E-state index in [9.17, 15) is 0 Å². The molecular formula is C23H26N6. The van der Waals surface area contributed by atoms with Crippen molar-refractivity contribution in [1.82, 2.24) is 19.6 Å². The number of aromatic nitrogens is 4. The first-order chi connectivity index (χ1) is 14.2. The molecule has 0 amide bonds. The summed E-state index contributed by atoms with van der Waals surface area (Å²) in [5.41, 5.74) is 5.44. The summed E-state index contributed by atoms with van der Waals surface area (Å²) in [6.45, 7) is 6.39. The van der Waals surface area contributed by atoms with Gasteiger partial charge >= 0.3 is 0 Å². The van der Waals surface area contributed by atoms with Crippen LogP contribution in [0.5, 0.6) is 0 Å². The predicted octanol–water partition coefficient (Wildman–Crippen LogP) is 4.75. The number of piperidine rings is 1. The van der Waals surface area contributed by atoms with E-state index in [4.69, 9.17) is 4.98 Å². The van der Waals surface area contributed by atoms with Gasteiger partial charge in [-0.3, -0.25) is 4.40 Å². The minimum Gasteiger partial charge on any atom is -0.378 e. The summed E-state index contributed by atoms with van der Waals surface area (Å²) in [4.78, 5) is 7.52. The third kappa shape index (κ3) is 3.18. The Labute approximate surface area is 170 Å². The zero-order valence-corrected chi connectivity index (χ0v) is 17.0. The highest BCUT2D eigenvalue weighted by Gasteiger charge is 2.20. The fraction of sp³-hybridized carbons (Fsp3) is 0.348. The first-order valence-corrected chi connectivity index (χ1v) is 10.4. The largest absolute Gasteiger partial charge is 0.378 e. The molecule has 6 nitrogen and oxygen atoms in total. The summed E-state index contributed by atoms with van der Waals surface area (Å²) in [6.07, 6.45) is 5.48. The maximum Gasteiger partial charge on any atom is 0.213 e. The van der Waals surface area contributed by atoms with Crippen LogP contribution >= 0.6 is 0 Å². The maximum absolute atomic E-state index is 5.15. The van der Waals surface area contributed by atoms with Gasteiger partial charge in [0.15, 0.2) is 5.65 Å². The molecular weight excluding hydrogens is 360 g/mol. The van der Waals surface area contributed by atoms with Gasteiger partial charge in [-0.2, -0.15) is 0 Å². The highest BCUT2D eigenvalue weighted by Crippen LogP contribution is 2.31. The lowest BCUT2D eigenvalue weighted by molar-refractivity contribution is 0.566. The molecule has 2 aromatic carbocycles. The number of hydrogen-bond donors (Lipinski definition) is 1. The lowest BCUT2D eigenvalue weighted by Crippen LogP contribution is -2.32. The molecule has 1 saturated heterocycles. The summed E-state index contributed by atoms with van der Waals surface area (Å²) in [5, 5.41) is 13.3. The Morgan fingerprint density at radius 1 is 1.00 bits per heavy atom. The van der Waals surface area contributed by atoms with Crippen LogP contribution in [0.1, 0.15) is 43.4 Å². The van der Waals surface area contributed by atoms with Crippen LogP contribution in [0.3, 0.4) is 0 Å². The van der Waals surface area contributed by atoms with Crippen LogP contribution in [0.25, 0.3) is 16.6 Å². The lowest BCUT2D eigenvalue weighted by Gasteiger charge is -2.28. The molecule has 0 saturated carbocycles. The molecule has 1 atom stereocenters. The van der Waals surface area contributed by atoms with E-state index in [1.165, 1.54) is 30.4 Å². The molecule has 0 bridgehead atoms. The first kappa shape index (κ1) is 17.9. The van der Waals surface area contributed by atoms with Crippen LogP contribution in [-0.4, -0.2) is 32.7 Å². The fourth-order valence-corrected chi connectivity index (χ4v) is 4.30. The van der Waals surface area contributed by atoms with Gasteiger partial charge in [0.05, 0.1) is 11.6 Å². The van der Waals surface area contributed by atoms with E-state index in [-0.39, 0.29) is 6.04 Å². The Balaban J connectivity index is 1.63. The van der Waals surface area contributed by atoms with Crippen LogP contribution in [0.4, 0.5) is 11.6 Å². The number of fused-ring (bicyclic) bond motifs is 3. The number of benzene rings is 2. The van der Waals surface area contributed by atoms with Crippen molar-refractivity contribution in [2.45, 2.75) is 39.2 Å². The van der Waals surface area contributed by atoms with E-state index >= 15 is 0 Å². The number of anilines is 2. The second kappa shape index (κ2) is 7.35. The SMILES string of the molecule is Cc1ccccc1NC(C)c1cccc2c1nc(N1CCCCC1)n1cnnc21. The summed E-state index contributed by atoms with van der Waals surface area (Å²) >= 11 is 0. The number of para-hydroxylation sites is 2. The van der Waals surface area contributed by atoms with Crippen LogP contribution in [-0.2, 0) is 0 Å². The average Bonchev–Trinajstić information content (AvgIpc) is 3.25. The van der Waals surface area contributed by atoms with E-state index in [0.29, 0.717) is 0 Å². The average molecular weight is 387 g/mol. The maximum atomic E-state index is 5.15. The van der Waals surface area contributed by atoms with Crippen LogP contribution in [0, 0.1) is 6.92 Å². The molecule has 0 radical (unpaired) electrons. The summed E-state index contributed by atoms with van der Waals surface area (Å²) < 4.78 is 2.04. The molecule has 5 rings (SSSR count). The smallest absolute Gasteiger partial charge is 0.213 e. The Bertz CT molecular complexity index is 1160. The van der Waals surface area contributed by atoms with Gasteiger partial charge in [0.2, 0.25) is 5.95 Å². The molecule has 2 aromatic heterocycles. The van der Waals surface area contributed by atoms with E-state index in [2.05, 4.69) is 76.7 Å². The van der Waals surface area contributed by atoms with Crippen molar-refractivity contribution in [3.05, 3.63) is 59.9 Å². The monoisotopic (exact) mass is 386 g/mol. The van der Waals surface area contributed by atoms with Crippen molar-refractivity contribution in [2.75, 3.05) is 23.3 Å². The topological polar surface area (TPSA) is 58.4 Å². The number of aryl methyl sites for hydroxylation is 1. The van der Waals surface area contributed by atoms with Crippen LogP contribution < -0.4 is 10.2 Å². The number of nitrogens with one attached hydrogen (secondary N) is 1. The van der Waals surface area contributed by atoms with Crippen molar-refractivity contribution in [3.8, 4) is 0 Å². The van der Waals surface area contributed by atoms with Crippen LogP contribution in [0.15, 0.2) is 48.8 Å². The molecule has 1 N–H and O–H groups in total. The lowest BCUT2D eigenvalue weighted by atomic mass is 10.0. The quantitative estimate of drug-likeness (QED) is 0.548. The van der Waals surface area contributed by atoms with Crippen molar-refractivity contribution >= 4 is 28.2 Å². The fourth-order valence-electron chi connectivity index (χ4n) is 4.30. The molecule has 1 aliphatic rings. The summed E-state index contributed by atoms with van der Waals surface area (Å²) in [5.74, 6) is 0.952. The van der Waals surface area contributed by atoms with Crippen molar-refractivity contribution in [3.63, 3.8) is 0 Å². The Kier molecular flexibility index (Phi) is 4.54. The van der Waals surface area contributed by atoms with Gasteiger partial charge < -0.3 is 10.2 Å². The highest BCUT2D eigenvalue weighted by molar-refractivity contribution is 5.94. The second-order valence-electron chi connectivity index (χ2n) is 7.91. The molecule has 1 aliphatic heterocycles. The zero-order chi connectivity index (χ0) is 19.8. The molecule has 1 fully saturated rings. The number of rotatable bonds is 4. The first-order valence-electron chi connectivity index (χ1n) is 10.4. The molecule has 1 unspecified atom stereocenters. The second-order valence-corrected chi connectivity index (χ2v) is 7.91. The minimum atomic E-state index is 0.117. The van der Waals surface area contributed by atoms with Gasteiger partial charge in [0.1, 0.15) is 6.33 Å². The molecule has 4 aromatic rings. The molecule has 29 heavy (non-hydrogen) atoms. The van der Waals surface area contributed by atoms with Gasteiger partial charge in [-0.05, 0) is 50.8 Å². The van der Waals surface area contributed by atoms with E-state index in [0.717, 1.165) is 41.3 Å². The van der Waals surface area contributed by atoms with Crippen molar-refractivity contribution in [2.24, 2.45) is 0 Å². The standard InChI is InChI=1S/C23H26N6/c1-16-9-4-5-12-20(16)25-17(2)18-10-8-11-19-21(18)26-23(28-13-6-3-7-14-28)29-15-24-27-22(19)29/h4-5,8-12,15,17,25H,3,6-7,13-14H2,1-2H3. The normalized spacial score (nSPS) is 15.7. The Hall–Kier alpha value is -3.15. The van der Waals surface area contributed by atoms with Gasteiger partial charge in [-0.15, -0.1) is 10.2 Å². The van der Waals surface area contributed by atoms with E-state index < -0.39 is 0 Å². The van der Waals surface area contributed by atoms with Gasteiger partial charge in [0.25, 0.3) is 0 Å². The molecule has 148 valence electrons. The van der Waals surface area contributed by atoms with E-state index in [1.807, 2.05) is 4.40 Å². The third-order valence-corrected chi connectivity index (χ3v) is 5.91. The molecule has 0 spiro atoms. The minimum absolute atomic E-state index is 0.117. The Morgan fingerprint density at radius 3 is 2.66 bits per heavy atom. The summed E-state index contributed by atoms with van der Waals surface area (Å²) in [7, 11) is 0. The third-order valence-electron chi connectivity index (χ3n) is 5.91. The molecule has 0 aliphatic carbocycles. The molecule has 3 heterocycles. The van der Waals surface area contributed by atoms with Gasteiger partial charge in [-0.1, -0.05) is 30.3 Å². The predicted molar refractivity (Wildman–Crippen MR) is 118 cm³/mol. The highest BCUT2D eigenvalue weighted by atomic mass is 15.3. The van der Waals surface area contributed by atoms with Crippen LogP contribution in [0.2, 0.25) is 0 Å². The number of nitrogens with zero attached hydrogens (tertiary/aromatic N) is 5. The molecule has 6 heteroatoms. The Morgan fingerprint density at radius 2 is 1.83 bits per heavy atom. The summed E-state index contributed by atoms with van der Waals surface area (Å²) in [6, 6.07) is 14.9. The van der Waals surface area contributed by atoms with Gasteiger partial charge in [-0.25, -0.2) is 4.98 Å². The number of hydrogen-bond acceptors (Lipinski definition) is 5. The van der Waals surface area contributed by atoms with Crippen molar-refractivity contribution in [1.29, 1.82) is 0 Å². The zero-order valence-electron chi connectivity index (χ0n) is 17.0. The van der Waals surface area contributed by atoms with Crippen molar-refractivity contribution < 1.29 is 0 Å².